The predicted molar refractivity (Wildman–Crippen MR) is 110 cm³/mol. The van der Waals surface area contributed by atoms with Crippen molar-refractivity contribution in [3.63, 3.8) is 0 Å². The summed E-state index contributed by atoms with van der Waals surface area (Å²) in [6, 6.07) is 0. The Bertz CT molecular complexity index is 465. The lowest BCUT2D eigenvalue weighted by Crippen LogP contribution is -2.41. The minimum absolute atomic E-state index is 0.668. The van der Waals surface area contributed by atoms with Crippen molar-refractivity contribution in [1.82, 2.24) is 0 Å². The van der Waals surface area contributed by atoms with Gasteiger partial charge in [0.25, 0.3) is 0 Å². The standard InChI is InChI=1S/C24H40O4/c1-3-7-25-9-11-27-15-21-19-14-20(22(21)16-28-12-10-26-8-4-2)24-18-6-5-17(13-18)23(19)24/h5-6,17-24H,3-4,7-16H2,1-2H3. The third-order valence-electron chi connectivity index (χ3n) is 7.83. The molecule has 4 rings (SSSR count). The van der Waals surface area contributed by atoms with Crippen molar-refractivity contribution in [2.75, 3.05) is 52.9 Å². The van der Waals surface area contributed by atoms with Crippen molar-refractivity contribution in [1.29, 1.82) is 0 Å². The Morgan fingerprint density at radius 1 is 0.607 bits per heavy atom. The van der Waals surface area contributed by atoms with Gasteiger partial charge in [-0.05, 0) is 73.0 Å². The van der Waals surface area contributed by atoms with Gasteiger partial charge in [-0.1, -0.05) is 26.0 Å². The summed E-state index contributed by atoms with van der Waals surface area (Å²) in [7, 11) is 0. The molecule has 28 heavy (non-hydrogen) atoms. The van der Waals surface area contributed by atoms with Crippen LogP contribution in [0.15, 0.2) is 12.2 Å². The fourth-order valence-corrected chi connectivity index (χ4v) is 6.95. The van der Waals surface area contributed by atoms with Crippen LogP contribution in [0.25, 0.3) is 0 Å². The minimum Gasteiger partial charge on any atom is -0.379 e. The van der Waals surface area contributed by atoms with Gasteiger partial charge in [0, 0.05) is 13.2 Å². The molecule has 4 heteroatoms. The number of rotatable bonds is 14. The van der Waals surface area contributed by atoms with Crippen molar-refractivity contribution >= 4 is 0 Å². The van der Waals surface area contributed by atoms with Crippen molar-refractivity contribution in [2.45, 2.75) is 39.5 Å². The zero-order chi connectivity index (χ0) is 19.3. The van der Waals surface area contributed by atoms with Crippen LogP contribution < -0.4 is 0 Å². The van der Waals surface area contributed by atoms with Gasteiger partial charge in [0.05, 0.1) is 39.6 Å². The molecule has 4 aliphatic carbocycles. The van der Waals surface area contributed by atoms with Gasteiger partial charge >= 0.3 is 0 Å². The molecule has 0 aromatic rings. The third-order valence-corrected chi connectivity index (χ3v) is 7.83. The second-order valence-electron chi connectivity index (χ2n) is 9.37. The van der Waals surface area contributed by atoms with Gasteiger partial charge in [0.1, 0.15) is 0 Å². The van der Waals surface area contributed by atoms with E-state index in [0.29, 0.717) is 11.8 Å². The predicted octanol–water partition coefficient (Wildman–Crippen LogP) is 4.19. The van der Waals surface area contributed by atoms with E-state index in [-0.39, 0.29) is 0 Å². The molecule has 3 fully saturated rings. The molecule has 0 aliphatic heterocycles. The van der Waals surface area contributed by atoms with E-state index in [2.05, 4.69) is 26.0 Å². The van der Waals surface area contributed by atoms with Crippen LogP contribution in [0, 0.1) is 47.3 Å². The maximum absolute atomic E-state index is 6.11. The minimum atomic E-state index is 0.668. The van der Waals surface area contributed by atoms with Gasteiger partial charge in [0.2, 0.25) is 0 Å². The quantitative estimate of drug-likeness (QED) is 0.252. The average Bonchev–Trinajstić information content (AvgIpc) is 3.46. The number of ether oxygens (including phenoxy) is 4. The van der Waals surface area contributed by atoms with Crippen LogP contribution in [-0.4, -0.2) is 52.9 Å². The number of allylic oxidation sites excluding steroid dienone is 2. The highest BCUT2D eigenvalue weighted by atomic mass is 16.5. The van der Waals surface area contributed by atoms with Crippen LogP contribution in [0.1, 0.15) is 39.5 Å². The van der Waals surface area contributed by atoms with Gasteiger partial charge in [-0.15, -0.1) is 0 Å². The van der Waals surface area contributed by atoms with E-state index in [9.17, 15) is 0 Å². The van der Waals surface area contributed by atoms with Crippen molar-refractivity contribution in [3.8, 4) is 0 Å². The first-order chi connectivity index (χ1) is 13.8. The first-order valence-corrected chi connectivity index (χ1v) is 11.8. The second-order valence-corrected chi connectivity index (χ2v) is 9.37. The summed E-state index contributed by atoms with van der Waals surface area (Å²) in [6.07, 6.45) is 10.0. The average molecular weight is 393 g/mol. The molecule has 0 radical (unpaired) electrons. The van der Waals surface area contributed by atoms with Crippen molar-refractivity contribution in [2.24, 2.45) is 47.3 Å². The van der Waals surface area contributed by atoms with Gasteiger partial charge in [-0.3, -0.25) is 0 Å². The molecule has 0 saturated heterocycles. The SMILES string of the molecule is CCCOCCOCC1C(COCCOCCC)C2CC1C1C3C=CC(C3)C21. The van der Waals surface area contributed by atoms with Crippen molar-refractivity contribution in [3.05, 3.63) is 12.2 Å². The Kier molecular flexibility index (Phi) is 7.49. The monoisotopic (exact) mass is 392 g/mol. The molecule has 0 amide bonds. The molecule has 4 bridgehead atoms. The fourth-order valence-electron chi connectivity index (χ4n) is 6.95. The summed E-state index contributed by atoms with van der Waals surface area (Å²) in [6.45, 7) is 10.7. The van der Waals surface area contributed by atoms with E-state index < -0.39 is 0 Å². The molecule has 4 nitrogen and oxygen atoms in total. The zero-order valence-electron chi connectivity index (χ0n) is 17.9. The summed E-state index contributed by atoms with van der Waals surface area (Å²) < 4.78 is 23.4. The lowest BCUT2D eigenvalue weighted by molar-refractivity contribution is -0.0428. The lowest BCUT2D eigenvalue weighted by Gasteiger charge is -2.41. The highest BCUT2D eigenvalue weighted by Crippen LogP contribution is 2.68. The molecule has 8 unspecified atom stereocenters. The normalized spacial score (nSPS) is 39.9. The molecule has 0 aromatic carbocycles. The Morgan fingerprint density at radius 2 is 1.07 bits per heavy atom. The highest BCUT2D eigenvalue weighted by molar-refractivity contribution is 5.21. The van der Waals surface area contributed by atoms with E-state index in [0.717, 1.165) is 101 Å². The first-order valence-electron chi connectivity index (χ1n) is 11.8. The fraction of sp³-hybridized carbons (Fsp3) is 0.917. The Hall–Kier alpha value is -0.420. The number of hydrogen-bond acceptors (Lipinski definition) is 4. The molecule has 0 aromatic heterocycles. The zero-order valence-corrected chi connectivity index (χ0v) is 17.9. The highest BCUT2D eigenvalue weighted by Gasteiger charge is 2.64. The largest absolute Gasteiger partial charge is 0.379 e. The van der Waals surface area contributed by atoms with Gasteiger partial charge in [-0.25, -0.2) is 0 Å². The first kappa shape index (κ1) is 20.8. The van der Waals surface area contributed by atoms with E-state index in [1.807, 2.05) is 0 Å². The van der Waals surface area contributed by atoms with Crippen LogP contribution >= 0.6 is 0 Å². The summed E-state index contributed by atoms with van der Waals surface area (Å²) in [4.78, 5) is 0. The second kappa shape index (κ2) is 10.1. The van der Waals surface area contributed by atoms with E-state index >= 15 is 0 Å². The maximum Gasteiger partial charge on any atom is 0.0700 e. The van der Waals surface area contributed by atoms with E-state index in [4.69, 9.17) is 18.9 Å². The van der Waals surface area contributed by atoms with Crippen LogP contribution in [-0.2, 0) is 18.9 Å². The lowest BCUT2D eigenvalue weighted by atomic mass is 9.65. The van der Waals surface area contributed by atoms with E-state index in [1.165, 1.54) is 12.8 Å². The topological polar surface area (TPSA) is 36.9 Å². The van der Waals surface area contributed by atoms with Crippen LogP contribution in [0.2, 0.25) is 0 Å². The van der Waals surface area contributed by atoms with Gasteiger partial charge in [0.15, 0.2) is 0 Å². The summed E-state index contributed by atoms with van der Waals surface area (Å²) in [5.41, 5.74) is 0. The number of fused-ring (bicyclic) bond motifs is 9. The molecule has 4 aliphatic rings. The molecule has 0 spiro atoms. The number of hydrogen-bond donors (Lipinski definition) is 0. The summed E-state index contributed by atoms with van der Waals surface area (Å²) >= 11 is 0. The molecule has 3 saturated carbocycles. The summed E-state index contributed by atoms with van der Waals surface area (Å²) in [5, 5.41) is 0. The third kappa shape index (κ3) is 4.21. The van der Waals surface area contributed by atoms with Crippen LogP contribution in [0.5, 0.6) is 0 Å². The summed E-state index contributed by atoms with van der Waals surface area (Å²) in [5.74, 6) is 6.58. The van der Waals surface area contributed by atoms with Crippen molar-refractivity contribution < 1.29 is 18.9 Å². The molecule has 8 atom stereocenters. The van der Waals surface area contributed by atoms with Crippen LogP contribution in [0.4, 0.5) is 0 Å². The maximum atomic E-state index is 6.11. The molecule has 0 N–H and O–H groups in total. The Labute approximate surface area is 171 Å². The molecular weight excluding hydrogens is 352 g/mol. The Morgan fingerprint density at radius 3 is 1.54 bits per heavy atom. The van der Waals surface area contributed by atoms with Crippen LogP contribution in [0.3, 0.4) is 0 Å². The molecule has 160 valence electrons. The molecule has 0 heterocycles. The smallest absolute Gasteiger partial charge is 0.0700 e. The van der Waals surface area contributed by atoms with E-state index in [1.54, 1.807) is 0 Å². The molecular formula is C24H40O4. The van der Waals surface area contributed by atoms with Gasteiger partial charge < -0.3 is 18.9 Å². The Balaban J connectivity index is 1.29. The van der Waals surface area contributed by atoms with Gasteiger partial charge in [-0.2, -0.15) is 0 Å².